The highest BCUT2D eigenvalue weighted by atomic mass is 32.2. The number of carbonyl (C=O) groups excluding carboxylic acids is 1. The number of para-hydroxylation sites is 1. The van der Waals surface area contributed by atoms with Crippen molar-refractivity contribution in [1.29, 1.82) is 5.26 Å². The molecule has 1 aromatic heterocycles. The van der Waals surface area contributed by atoms with Gasteiger partial charge in [0.1, 0.15) is 0 Å². The van der Waals surface area contributed by atoms with Crippen molar-refractivity contribution in [3.63, 3.8) is 0 Å². The second-order valence-electron chi connectivity index (χ2n) is 5.94. The first-order valence-corrected chi connectivity index (χ1v) is 8.73. The van der Waals surface area contributed by atoms with E-state index in [1.807, 2.05) is 32.0 Å². The van der Waals surface area contributed by atoms with E-state index in [-0.39, 0.29) is 11.2 Å². The lowest BCUT2D eigenvalue weighted by molar-refractivity contribution is -0.115. The first-order valence-electron chi connectivity index (χ1n) is 7.85. The van der Waals surface area contributed by atoms with Gasteiger partial charge in [-0.1, -0.05) is 43.8 Å². The molecule has 0 saturated carbocycles. The van der Waals surface area contributed by atoms with Gasteiger partial charge in [-0.25, -0.2) is 4.98 Å². The van der Waals surface area contributed by atoms with Crippen LogP contribution in [0.4, 0.5) is 5.69 Å². The van der Waals surface area contributed by atoms with Gasteiger partial charge in [-0.3, -0.25) is 4.79 Å². The molecule has 0 aliphatic heterocycles. The number of nitriles is 1. The summed E-state index contributed by atoms with van der Waals surface area (Å²) in [5.41, 5.74) is 3.62. The Morgan fingerprint density at radius 3 is 2.71 bits per heavy atom. The SMILES string of the molecule is Cc1cccc(C(C)C)c1NC(=O)[C@H](C)Sc1cc(C#N)ccn1. The largest absolute Gasteiger partial charge is 0.325 e. The van der Waals surface area contributed by atoms with Crippen LogP contribution >= 0.6 is 11.8 Å². The van der Waals surface area contributed by atoms with Crippen LogP contribution in [0.25, 0.3) is 0 Å². The Kier molecular flexibility index (Phi) is 5.99. The zero-order valence-electron chi connectivity index (χ0n) is 14.3. The zero-order valence-corrected chi connectivity index (χ0v) is 15.1. The number of anilines is 1. The van der Waals surface area contributed by atoms with E-state index in [2.05, 4.69) is 30.2 Å². The lowest BCUT2D eigenvalue weighted by Gasteiger charge is -2.18. The normalized spacial score (nSPS) is 11.8. The Balaban J connectivity index is 2.14. The number of rotatable bonds is 5. The molecular formula is C19H21N3OS. The summed E-state index contributed by atoms with van der Waals surface area (Å²) in [5, 5.41) is 12.4. The summed E-state index contributed by atoms with van der Waals surface area (Å²) >= 11 is 1.35. The van der Waals surface area contributed by atoms with Gasteiger partial charge in [-0.05, 0) is 43.0 Å². The Bertz CT molecular complexity index is 780. The number of carbonyl (C=O) groups is 1. The molecule has 0 unspecified atom stereocenters. The Hall–Kier alpha value is -2.32. The molecule has 1 atom stereocenters. The highest BCUT2D eigenvalue weighted by Gasteiger charge is 2.18. The highest BCUT2D eigenvalue weighted by molar-refractivity contribution is 8.00. The van der Waals surface area contributed by atoms with E-state index in [9.17, 15) is 4.79 Å². The number of hydrogen-bond acceptors (Lipinski definition) is 4. The van der Waals surface area contributed by atoms with Crippen molar-refractivity contribution >= 4 is 23.4 Å². The first kappa shape index (κ1) is 18.0. The molecule has 1 aromatic carbocycles. The maximum absolute atomic E-state index is 12.6. The third kappa shape index (κ3) is 4.36. The summed E-state index contributed by atoms with van der Waals surface area (Å²) in [5.74, 6) is 0.262. The summed E-state index contributed by atoms with van der Waals surface area (Å²) < 4.78 is 0. The minimum Gasteiger partial charge on any atom is -0.325 e. The number of nitrogens with one attached hydrogen (secondary N) is 1. The van der Waals surface area contributed by atoms with Crippen molar-refractivity contribution in [3.05, 3.63) is 53.2 Å². The lowest BCUT2D eigenvalue weighted by Crippen LogP contribution is -2.24. The van der Waals surface area contributed by atoms with E-state index in [1.165, 1.54) is 11.8 Å². The van der Waals surface area contributed by atoms with Crippen LogP contribution in [0, 0.1) is 18.3 Å². The Morgan fingerprint density at radius 2 is 2.04 bits per heavy atom. The van der Waals surface area contributed by atoms with Gasteiger partial charge in [0, 0.05) is 11.9 Å². The van der Waals surface area contributed by atoms with Crippen molar-refractivity contribution in [2.45, 2.75) is 43.9 Å². The number of aryl methyl sites for hydroxylation is 1. The number of aromatic nitrogens is 1. The number of nitrogens with zero attached hydrogens (tertiary/aromatic N) is 2. The molecule has 124 valence electrons. The van der Waals surface area contributed by atoms with Crippen LogP contribution in [0.5, 0.6) is 0 Å². The van der Waals surface area contributed by atoms with Crippen molar-refractivity contribution in [2.75, 3.05) is 5.32 Å². The zero-order chi connectivity index (χ0) is 17.7. The smallest absolute Gasteiger partial charge is 0.237 e. The Morgan fingerprint density at radius 1 is 1.29 bits per heavy atom. The molecule has 5 heteroatoms. The molecule has 0 fully saturated rings. The summed E-state index contributed by atoms with van der Waals surface area (Å²) in [6.45, 7) is 8.06. The molecule has 2 rings (SSSR count). The highest BCUT2D eigenvalue weighted by Crippen LogP contribution is 2.29. The molecule has 0 aliphatic carbocycles. The summed E-state index contributed by atoms with van der Waals surface area (Å²) in [4.78, 5) is 16.8. The minimum atomic E-state index is -0.314. The molecular weight excluding hydrogens is 318 g/mol. The van der Waals surface area contributed by atoms with Crippen LogP contribution in [0.3, 0.4) is 0 Å². The van der Waals surface area contributed by atoms with Crippen molar-refractivity contribution < 1.29 is 4.79 Å². The van der Waals surface area contributed by atoms with Crippen molar-refractivity contribution in [3.8, 4) is 6.07 Å². The molecule has 1 heterocycles. The predicted molar refractivity (Wildman–Crippen MR) is 98.2 cm³/mol. The quantitative estimate of drug-likeness (QED) is 0.814. The van der Waals surface area contributed by atoms with Gasteiger partial charge in [-0.15, -0.1) is 0 Å². The van der Waals surface area contributed by atoms with Gasteiger partial charge in [0.15, 0.2) is 0 Å². The van der Waals surface area contributed by atoms with E-state index < -0.39 is 0 Å². The van der Waals surface area contributed by atoms with Gasteiger partial charge < -0.3 is 5.32 Å². The number of hydrogen-bond donors (Lipinski definition) is 1. The fourth-order valence-corrected chi connectivity index (χ4v) is 3.19. The van der Waals surface area contributed by atoms with Crippen LogP contribution in [0.15, 0.2) is 41.6 Å². The molecule has 0 bridgehead atoms. The van der Waals surface area contributed by atoms with E-state index in [1.54, 1.807) is 18.3 Å². The van der Waals surface area contributed by atoms with Crippen LogP contribution < -0.4 is 5.32 Å². The van der Waals surface area contributed by atoms with E-state index in [0.29, 0.717) is 16.5 Å². The van der Waals surface area contributed by atoms with E-state index in [4.69, 9.17) is 5.26 Å². The molecule has 1 amide bonds. The predicted octanol–water partition coefficient (Wildman–Crippen LogP) is 4.50. The van der Waals surface area contributed by atoms with Crippen LogP contribution in [0.2, 0.25) is 0 Å². The molecule has 1 N–H and O–H groups in total. The minimum absolute atomic E-state index is 0.0691. The van der Waals surface area contributed by atoms with Gasteiger partial charge in [0.05, 0.1) is 21.9 Å². The third-order valence-electron chi connectivity index (χ3n) is 3.71. The fourth-order valence-electron chi connectivity index (χ4n) is 2.35. The average molecular weight is 339 g/mol. The fraction of sp³-hybridized carbons (Fsp3) is 0.316. The van der Waals surface area contributed by atoms with Crippen molar-refractivity contribution in [2.24, 2.45) is 0 Å². The molecule has 24 heavy (non-hydrogen) atoms. The average Bonchev–Trinajstić information content (AvgIpc) is 2.56. The van der Waals surface area contributed by atoms with Crippen LogP contribution in [0.1, 0.15) is 43.4 Å². The summed E-state index contributed by atoms with van der Waals surface area (Å²) in [6, 6.07) is 11.5. The molecule has 0 aliphatic rings. The maximum Gasteiger partial charge on any atom is 0.237 e. The van der Waals surface area contributed by atoms with Gasteiger partial charge in [0.2, 0.25) is 5.91 Å². The molecule has 0 saturated heterocycles. The number of thioether (sulfide) groups is 1. The van der Waals surface area contributed by atoms with Crippen molar-refractivity contribution in [1.82, 2.24) is 4.98 Å². The molecule has 4 nitrogen and oxygen atoms in total. The van der Waals surface area contributed by atoms with E-state index >= 15 is 0 Å². The lowest BCUT2D eigenvalue weighted by atomic mass is 9.98. The molecule has 0 radical (unpaired) electrons. The second-order valence-corrected chi connectivity index (χ2v) is 7.30. The topological polar surface area (TPSA) is 65.8 Å². The van der Waals surface area contributed by atoms with E-state index in [0.717, 1.165) is 16.8 Å². The Labute approximate surface area is 147 Å². The summed E-state index contributed by atoms with van der Waals surface area (Å²) in [6.07, 6.45) is 1.59. The van der Waals surface area contributed by atoms with Gasteiger partial charge in [0.25, 0.3) is 0 Å². The maximum atomic E-state index is 12.6. The number of amides is 1. The van der Waals surface area contributed by atoms with Crippen LogP contribution in [-0.2, 0) is 4.79 Å². The number of pyridine rings is 1. The first-order chi connectivity index (χ1) is 11.4. The molecule has 2 aromatic rings. The van der Waals surface area contributed by atoms with Gasteiger partial charge >= 0.3 is 0 Å². The van der Waals surface area contributed by atoms with Crippen LogP contribution in [-0.4, -0.2) is 16.1 Å². The molecule has 0 spiro atoms. The number of benzene rings is 1. The van der Waals surface area contributed by atoms with Gasteiger partial charge in [-0.2, -0.15) is 5.26 Å². The second kappa shape index (κ2) is 7.98. The third-order valence-corrected chi connectivity index (χ3v) is 4.74. The monoisotopic (exact) mass is 339 g/mol. The summed E-state index contributed by atoms with van der Waals surface area (Å²) in [7, 11) is 0. The standard InChI is InChI=1S/C19H21N3OS/c1-12(2)16-7-5-6-13(3)18(16)22-19(23)14(4)24-17-10-15(11-20)8-9-21-17/h5-10,12,14H,1-4H3,(H,22,23)/t14-/m0/s1.